The zero-order chi connectivity index (χ0) is 24.8. The van der Waals surface area contributed by atoms with Crippen molar-refractivity contribution in [1.82, 2.24) is 14.9 Å². The molecule has 1 fully saturated rings. The van der Waals surface area contributed by atoms with Crippen LogP contribution in [0, 0.1) is 5.92 Å². The molecule has 0 atom stereocenters. The minimum Gasteiger partial charge on any atom is -0.406 e. The maximum absolute atomic E-state index is 13.0. The predicted octanol–water partition coefficient (Wildman–Crippen LogP) is 5.02. The van der Waals surface area contributed by atoms with Gasteiger partial charge in [-0.2, -0.15) is 0 Å². The number of anilines is 2. The van der Waals surface area contributed by atoms with Crippen LogP contribution in [-0.2, 0) is 0 Å². The number of ether oxygens (including phenoxy) is 1. The topological polar surface area (TPSA) is 87.6 Å². The largest absolute Gasteiger partial charge is 0.573 e. The van der Waals surface area contributed by atoms with Gasteiger partial charge in [-0.05, 0) is 61.6 Å². The number of likely N-dealkylation sites (tertiary alicyclic amines) is 1. The minimum absolute atomic E-state index is 0.0390. The summed E-state index contributed by atoms with van der Waals surface area (Å²) in [7, 11) is 0. The van der Waals surface area contributed by atoms with Crippen molar-refractivity contribution < 1.29 is 27.8 Å². The molecule has 3 aromatic rings. The van der Waals surface area contributed by atoms with E-state index in [0.717, 1.165) is 24.8 Å². The van der Waals surface area contributed by atoms with Gasteiger partial charge >= 0.3 is 6.36 Å². The maximum Gasteiger partial charge on any atom is 0.573 e. The average molecular weight is 486 g/mol. The fourth-order valence-electron chi connectivity index (χ4n) is 4.07. The average Bonchev–Trinajstić information content (AvgIpc) is 2.85. The van der Waals surface area contributed by atoms with Gasteiger partial charge < -0.3 is 20.1 Å². The van der Waals surface area contributed by atoms with Crippen LogP contribution in [0.2, 0.25) is 0 Å². The Kier molecular flexibility index (Phi) is 7.50. The number of carbonyl (C=O) groups excluding carboxylic acids is 1. The van der Waals surface area contributed by atoms with Crippen molar-refractivity contribution in [3.63, 3.8) is 0 Å². The summed E-state index contributed by atoms with van der Waals surface area (Å²) >= 11 is 0. The Hall–Kier alpha value is -3.66. The van der Waals surface area contributed by atoms with E-state index in [9.17, 15) is 18.0 Å². The predicted molar refractivity (Wildman–Crippen MR) is 124 cm³/mol. The van der Waals surface area contributed by atoms with Gasteiger partial charge in [0.2, 0.25) is 0 Å². The third kappa shape index (κ3) is 6.69. The highest BCUT2D eigenvalue weighted by atomic mass is 19.4. The van der Waals surface area contributed by atoms with Crippen LogP contribution < -0.4 is 10.1 Å². The zero-order valence-corrected chi connectivity index (χ0v) is 18.8. The van der Waals surface area contributed by atoms with Gasteiger partial charge in [0, 0.05) is 42.6 Å². The van der Waals surface area contributed by atoms with E-state index in [0.29, 0.717) is 41.8 Å². The Labute approximate surface area is 200 Å². The SMILES string of the molecule is O=C(c1cccc(-c2cc(Nc3ccc(OC(F)(F)F)cc3)ncn2)c1)N1CCC(CCO)CC1. The summed E-state index contributed by atoms with van der Waals surface area (Å²) in [5.41, 5.74) is 2.43. The summed E-state index contributed by atoms with van der Waals surface area (Å²) in [6.07, 6.45) is -0.832. The molecule has 2 aromatic carbocycles. The van der Waals surface area contributed by atoms with E-state index in [1.165, 1.54) is 30.6 Å². The lowest BCUT2D eigenvalue weighted by Gasteiger charge is -2.32. The molecule has 10 heteroatoms. The van der Waals surface area contributed by atoms with E-state index < -0.39 is 6.36 Å². The van der Waals surface area contributed by atoms with E-state index in [-0.39, 0.29) is 18.3 Å². The molecule has 0 unspecified atom stereocenters. The molecule has 184 valence electrons. The van der Waals surface area contributed by atoms with Crippen molar-refractivity contribution >= 4 is 17.4 Å². The number of rotatable bonds is 7. The van der Waals surface area contributed by atoms with Crippen LogP contribution in [-0.4, -0.2) is 51.9 Å². The van der Waals surface area contributed by atoms with Gasteiger partial charge in [-0.3, -0.25) is 4.79 Å². The monoisotopic (exact) mass is 486 g/mol. The number of carbonyl (C=O) groups is 1. The fraction of sp³-hybridized carbons (Fsp3) is 0.320. The zero-order valence-electron chi connectivity index (χ0n) is 18.8. The smallest absolute Gasteiger partial charge is 0.406 e. The quantitative estimate of drug-likeness (QED) is 0.488. The Bertz CT molecular complexity index is 1150. The van der Waals surface area contributed by atoms with Crippen LogP contribution in [0.3, 0.4) is 0 Å². The molecule has 1 aliphatic heterocycles. The van der Waals surface area contributed by atoms with Gasteiger partial charge in [0.1, 0.15) is 17.9 Å². The van der Waals surface area contributed by atoms with E-state index >= 15 is 0 Å². The Morgan fingerprint density at radius 2 is 1.83 bits per heavy atom. The first-order chi connectivity index (χ1) is 16.8. The molecule has 0 spiro atoms. The number of aromatic nitrogens is 2. The van der Waals surface area contributed by atoms with E-state index in [2.05, 4.69) is 20.0 Å². The Morgan fingerprint density at radius 3 is 2.51 bits per heavy atom. The molecule has 7 nitrogen and oxygen atoms in total. The van der Waals surface area contributed by atoms with Gasteiger partial charge in [-0.1, -0.05) is 12.1 Å². The maximum atomic E-state index is 13.0. The van der Waals surface area contributed by atoms with E-state index in [4.69, 9.17) is 5.11 Å². The summed E-state index contributed by atoms with van der Waals surface area (Å²) < 4.78 is 40.9. The number of alkyl halides is 3. The van der Waals surface area contributed by atoms with Gasteiger partial charge in [0.15, 0.2) is 0 Å². The van der Waals surface area contributed by atoms with Crippen molar-refractivity contribution in [2.45, 2.75) is 25.6 Å². The summed E-state index contributed by atoms with van der Waals surface area (Å²) in [6.45, 7) is 1.51. The standard InChI is InChI=1S/C25H25F3N4O3/c26-25(27,28)35-21-6-4-20(5-7-21)31-23-15-22(29-16-30-23)18-2-1-3-19(14-18)24(34)32-11-8-17(9-12-32)10-13-33/h1-7,14-17,33H,8-13H2,(H,29,30,31). The number of aliphatic hydroxyl groups is 1. The molecule has 2 N–H and O–H groups in total. The molecule has 0 saturated carbocycles. The Morgan fingerprint density at radius 1 is 1.09 bits per heavy atom. The molecule has 4 rings (SSSR count). The lowest BCUT2D eigenvalue weighted by atomic mass is 9.93. The van der Waals surface area contributed by atoms with Crippen LogP contribution in [0.1, 0.15) is 29.6 Å². The first-order valence-electron chi connectivity index (χ1n) is 11.3. The van der Waals surface area contributed by atoms with Crippen molar-refractivity contribution in [3.8, 4) is 17.0 Å². The van der Waals surface area contributed by atoms with Crippen molar-refractivity contribution in [3.05, 3.63) is 66.5 Å². The van der Waals surface area contributed by atoms with Crippen molar-refractivity contribution in [2.24, 2.45) is 5.92 Å². The summed E-state index contributed by atoms with van der Waals surface area (Å²) in [6, 6.07) is 14.2. The third-order valence-corrected chi connectivity index (χ3v) is 5.87. The van der Waals surface area contributed by atoms with Gasteiger partial charge in [0.25, 0.3) is 5.91 Å². The number of aliphatic hydroxyl groups excluding tert-OH is 1. The highest BCUT2D eigenvalue weighted by molar-refractivity contribution is 5.95. The summed E-state index contributed by atoms with van der Waals surface area (Å²) in [4.78, 5) is 23.3. The van der Waals surface area contributed by atoms with Crippen LogP contribution in [0.15, 0.2) is 60.9 Å². The van der Waals surface area contributed by atoms with Crippen LogP contribution in [0.4, 0.5) is 24.7 Å². The molecular weight excluding hydrogens is 461 g/mol. The second-order valence-corrected chi connectivity index (χ2v) is 8.31. The number of nitrogens with one attached hydrogen (secondary N) is 1. The van der Waals surface area contributed by atoms with Gasteiger partial charge in [-0.15, -0.1) is 13.2 Å². The molecule has 0 aliphatic carbocycles. The molecular formula is C25H25F3N4O3. The molecule has 1 saturated heterocycles. The normalized spacial score (nSPS) is 14.6. The number of halogens is 3. The minimum atomic E-state index is -4.75. The van der Waals surface area contributed by atoms with E-state index in [1.54, 1.807) is 24.3 Å². The second-order valence-electron chi connectivity index (χ2n) is 8.31. The Balaban J connectivity index is 1.44. The van der Waals surface area contributed by atoms with Crippen molar-refractivity contribution in [2.75, 3.05) is 25.0 Å². The molecule has 1 amide bonds. The molecule has 2 heterocycles. The number of hydrogen-bond acceptors (Lipinski definition) is 6. The summed E-state index contributed by atoms with van der Waals surface area (Å²) in [5, 5.41) is 12.1. The second kappa shape index (κ2) is 10.7. The third-order valence-electron chi connectivity index (χ3n) is 5.87. The van der Waals surface area contributed by atoms with Crippen LogP contribution in [0.5, 0.6) is 5.75 Å². The highest BCUT2D eigenvalue weighted by Crippen LogP contribution is 2.27. The fourth-order valence-corrected chi connectivity index (χ4v) is 4.07. The van der Waals surface area contributed by atoms with Gasteiger partial charge in [-0.25, -0.2) is 9.97 Å². The first-order valence-corrected chi connectivity index (χ1v) is 11.3. The van der Waals surface area contributed by atoms with Crippen LogP contribution >= 0.6 is 0 Å². The molecule has 0 radical (unpaired) electrons. The number of nitrogens with zero attached hydrogens (tertiary/aromatic N) is 3. The lowest BCUT2D eigenvalue weighted by molar-refractivity contribution is -0.274. The lowest BCUT2D eigenvalue weighted by Crippen LogP contribution is -2.38. The number of benzene rings is 2. The highest BCUT2D eigenvalue weighted by Gasteiger charge is 2.31. The first kappa shape index (κ1) is 24.5. The molecule has 35 heavy (non-hydrogen) atoms. The molecule has 1 aromatic heterocycles. The van der Waals surface area contributed by atoms with E-state index in [1.807, 2.05) is 11.0 Å². The number of piperidine rings is 1. The molecule has 1 aliphatic rings. The molecule has 0 bridgehead atoms. The number of amides is 1. The summed E-state index contributed by atoms with van der Waals surface area (Å²) in [5.74, 6) is 0.547. The van der Waals surface area contributed by atoms with Gasteiger partial charge in [0.05, 0.1) is 5.69 Å². The number of hydrogen-bond donors (Lipinski definition) is 2. The van der Waals surface area contributed by atoms with Crippen molar-refractivity contribution in [1.29, 1.82) is 0 Å². The van der Waals surface area contributed by atoms with Crippen LogP contribution in [0.25, 0.3) is 11.3 Å².